The van der Waals surface area contributed by atoms with E-state index in [9.17, 15) is 0 Å². The second-order valence-corrected chi connectivity index (χ2v) is 3.14. The topological polar surface area (TPSA) is 101 Å². The van der Waals surface area contributed by atoms with Crippen LogP contribution in [0.4, 0.5) is 0 Å². The van der Waals surface area contributed by atoms with Crippen LogP contribution >= 0.6 is 0 Å². The quantitative estimate of drug-likeness (QED) is 0.330. The van der Waals surface area contributed by atoms with Crippen LogP contribution in [0.2, 0.25) is 0 Å². The summed E-state index contributed by atoms with van der Waals surface area (Å²) in [4.78, 5) is 29.3. The molecule has 0 aliphatic heterocycles. The third-order valence-corrected chi connectivity index (χ3v) is 0.756. The molecule has 0 aliphatic rings. The van der Waals surface area contributed by atoms with Crippen molar-refractivity contribution in [3.8, 4) is 5.75 Å². The Morgan fingerprint density at radius 2 is 1.17 bits per heavy atom. The fourth-order valence-corrected chi connectivity index (χ4v) is 0.428. The van der Waals surface area contributed by atoms with Crippen LogP contribution < -0.4 is 0 Å². The van der Waals surface area contributed by atoms with E-state index in [0.29, 0.717) is 5.75 Å². The first-order valence-electron chi connectivity index (χ1n) is 3.03. The number of phenols is 1. The van der Waals surface area contributed by atoms with Crippen LogP contribution in [0, 0.1) is 0 Å². The summed E-state index contributed by atoms with van der Waals surface area (Å²) >= 11 is 0. The van der Waals surface area contributed by atoms with Crippen molar-refractivity contribution in [3.05, 3.63) is 30.3 Å². The zero-order chi connectivity index (χ0) is 9.61. The van der Waals surface area contributed by atoms with Crippen LogP contribution in [0.5, 0.6) is 5.75 Å². The Balaban J connectivity index is 0.000000217. The van der Waals surface area contributed by atoms with Crippen molar-refractivity contribution in [2.45, 2.75) is 0 Å². The molecule has 0 heterocycles. The van der Waals surface area contributed by atoms with Gasteiger partial charge in [0.05, 0.1) is 0 Å². The average molecular weight is 190 g/mol. The van der Waals surface area contributed by atoms with Gasteiger partial charge in [-0.1, -0.05) is 18.2 Å². The number of aromatic hydroxyl groups is 1. The first-order valence-corrected chi connectivity index (χ1v) is 4.82. The van der Waals surface area contributed by atoms with Crippen LogP contribution in [0.3, 0.4) is 0 Å². The lowest BCUT2D eigenvalue weighted by molar-refractivity contribution is 0.117. The van der Waals surface area contributed by atoms with Crippen molar-refractivity contribution in [2.24, 2.45) is 0 Å². The summed E-state index contributed by atoms with van der Waals surface area (Å²) in [6, 6.07) is 8.71. The molecule has 1 rings (SSSR count). The predicted octanol–water partition coefficient (Wildman–Crippen LogP) is -1.22. The number of rotatable bonds is 0. The van der Waals surface area contributed by atoms with E-state index in [1.165, 1.54) is 0 Å². The molecule has 0 bridgehead atoms. The van der Waals surface area contributed by atoms with Crippen molar-refractivity contribution in [1.29, 1.82) is 0 Å². The highest BCUT2D eigenvalue weighted by Crippen LogP contribution is 2.02. The van der Waals surface area contributed by atoms with Gasteiger partial charge < -0.3 is 24.3 Å². The standard InChI is InChI=1S/C6H6O.H4O4Si/c7-6-4-2-1-3-5-6;1-5(2,3)4/h1-5,7H;1-4H. The number of hydrogen-bond acceptors (Lipinski definition) is 5. The van der Waals surface area contributed by atoms with Crippen molar-refractivity contribution < 1.29 is 24.3 Å². The van der Waals surface area contributed by atoms with E-state index < -0.39 is 9.05 Å². The molecule has 0 saturated heterocycles. The van der Waals surface area contributed by atoms with E-state index in [1.807, 2.05) is 6.07 Å². The van der Waals surface area contributed by atoms with Gasteiger partial charge in [0, 0.05) is 0 Å². The lowest BCUT2D eigenvalue weighted by atomic mass is 10.3. The van der Waals surface area contributed by atoms with Gasteiger partial charge in [-0.15, -0.1) is 0 Å². The van der Waals surface area contributed by atoms with Crippen molar-refractivity contribution in [1.82, 2.24) is 0 Å². The normalized spacial score (nSPS) is 10.0. The summed E-state index contributed by atoms with van der Waals surface area (Å²) in [5.74, 6) is 0.322. The Kier molecular flexibility index (Phi) is 4.48. The molecule has 0 amide bonds. The smallest absolute Gasteiger partial charge is 0.508 e. The highest BCUT2D eigenvalue weighted by Gasteiger charge is 2.22. The average Bonchev–Trinajstić information content (AvgIpc) is 1.85. The van der Waals surface area contributed by atoms with Crippen LogP contribution in [0.25, 0.3) is 0 Å². The van der Waals surface area contributed by atoms with Crippen molar-refractivity contribution in [3.63, 3.8) is 0 Å². The molecule has 0 spiro atoms. The monoisotopic (exact) mass is 190 g/mol. The molecule has 5 nitrogen and oxygen atoms in total. The second-order valence-electron chi connectivity index (χ2n) is 1.94. The lowest BCUT2D eigenvalue weighted by Gasteiger charge is -1.91. The van der Waals surface area contributed by atoms with Crippen LogP contribution in [-0.4, -0.2) is 33.3 Å². The van der Waals surface area contributed by atoms with E-state index in [4.69, 9.17) is 24.3 Å². The Morgan fingerprint density at radius 1 is 0.833 bits per heavy atom. The fourth-order valence-electron chi connectivity index (χ4n) is 0.428. The van der Waals surface area contributed by atoms with Gasteiger partial charge in [0.2, 0.25) is 0 Å². The van der Waals surface area contributed by atoms with Crippen LogP contribution in [0.1, 0.15) is 0 Å². The molecule has 0 aliphatic carbocycles. The van der Waals surface area contributed by atoms with Gasteiger partial charge in [-0.25, -0.2) is 0 Å². The number of benzene rings is 1. The third kappa shape index (κ3) is 11.8. The predicted molar refractivity (Wildman–Crippen MR) is 42.7 cm³/mol. The highest BCUT2D eigenvalue weighted by atomic mass is 28.4. The summed E-state index contributed by atoms with van der Waals surface area (Å²) < 4.78 is 0. The summed E-state index contributed by atoms with van der Waals surface area (Å²) in [6.07, 6.45) is 0. The number of hydrogen-bond donors (Lipinski definition) is 5. The first kappa shape index (κ1) is 11.1. The molecule has 0 aromatic heterocycles. The van der Waals surface area contributed by atoms with Gasteiger partial charge in [0.1, 0.15) is 5.75 Å². The first-order chi connectivity index (χ1) is 5.39. The third-order valence-electron chi connectivity index (χ3n) is 0.756. The van der Waals surface area contributed by atoms with E-state index in [0.717, 1.165) is 0 Å². The molecule has 0 fully saturated rings. The summed E-state index contributed by atoms with van der Waals surface area (Å²) in [5, 5.41) is 8.63. The van der Waals surface area contributed by atoms with Gasteiger partial charge in [-0.05, 0) is 12.1 Å². The van der Waals surface area contributed by atoms with Gasteiger partial charge in [-0.2, -0.15) is 0 Å². The van der Waals surface area contributed by atoms with Gasteiger partial charge in [-0.3, -0.25) is 0 Å². The fraction of sp³-hybridized carbons (Fsp3) is 0. The molecule has 0 unspecified atom stereocenters. The van der Waals surface area contributed by atoms with E-state index >= 15 is 0 Å². The van der Waals surface area contributed by atoms with E-state index in [2.05, 4.69) is 0 Å². The molecule has 5 N–H and O–H groups in total. The molecule has 6 heteroatoms. The maximum atomic E-state index is 8.63. The summed E-state index contributed by atoms with van der Waals surface area (Å²) in [6.45, 7) is 0. The van der Waals surface area contributed by atoms with Gasteiger partial charge in [0.25, 0.3) is 0 Å². The molecule has 68 valence electrons. The Bertz CT molecular complexity index is 201. The molecular formula is C6H10O5Si. The number of phenolic OH excluding ortho intramolecular Hbond substituents is 1. The second kappa shape index (κ2) is 4.86. The van der Waals surface area contributed by atoms with Crippen molar-refractivity contribution in [2.75, 3.05) is 0 Å². The molecule has 0 saturated carbocycles. The summed E-state index contributed by atoms with van der Waals surface area (Å²) in [5.41, 5.74) is 0. The molecule has 12 heavy (non-hydrogen) atoms. The van der Waals surface area contributed by atoms with E-state index in [1.54, 1.807) is 24.3 Å². The maximum Gasteiger partial charge on any atom is 0.668 e. The van der Waals surface area contributed by atoms with Crippen molar-refractivity contribution >= 4 is 9.05 Å². The zero-order valence-corrected chi connectivity index (χ0v) is 7.12. The van der Waals surface area contributed by atoms with Gasteiger partial charge in [0.15, 0.2) is 0 Å². The van der Waals surface area contributed by atoms with Crippen LogP contribution in [-0.2, 0) is 0 Å². The van der Waals surface area contributed by atoms with Crippen LogP contribution in [0.15, 0.2) is 30.3 Å². The summed E-state index contributed by atoms with van der Waals surface area (Å²) in [7, 11) is -4.61. The SMILES string of the molecule is O[Si](O)(O)O.Oc1ccccc1. The Hall–Kier alpha value is -0.923. The largest absolute Gasteiger partial charge is 0.668 e. The van der Waals surface area contributed by atoms with Gasteiger partial charge >= 0.3 is 9.05 Å². The Morgan fingerprint density at radius 3 is 1.33 bits per heavy atom. The highest BCUT2D eigenvalue weighted by molar-refractivity contribution is 6.46. The molecule has 0 radical (unpaired) electrons. The Labute approximate surface area is 70.3 Å². The molecular weight excluding hydrogens is 180 g/mol. The molecule has 0 atom stereocenters. The molecule has 1 aromatic rings. The minimum absolute atomic E-state index is 0.322. The number of para-hydroxylation sites is 1. The maximum absolute atomic E-state index is 8.63. The zero-order valence-electron chi connectivity index (χ0n) is 6.12. The molecule has 1 aromatic carbocycles. The minimum Gasteiger partial charge on any atom is -0.508 e. The lowest BCUT2D eigenvalue weighted by Crippen LogP contribution is -2.33. The minimum atomic E-state index is -4.61. The van der Waals surface area contributed by atoms with E-state index in [-0.39, 0.29) is 0 Å².